The smallest absolute Gasteiger partial charge is 0.310 e. The van der Waals surface area contributed by atoms with E-state index in [1.54, 1.807) is 6.20 Å². The number of rotatable bonds is 5. The summed E-state index contributed by atoms with van der Waals surface area (Å²) in [6.07, 6.45) is 3.62. The molecule has 0 spiro atoms. The van der Waals surface area contributed by atoms with Crippen LogP contribution in [0, 0.1) is 5.92 Å². The van der Waals surface area contributed by atoms with Crippen molar-refractivity contribution >= 4 is 11.8 Å². The summed E-state index contributed by atoms with van der Waals surface area (Å²) in [5.41, 5.74) is 3.65. The van der Waals surface area contributed by atoms with Gasteiger partial charge in [0, 0.05) is 24.8 Å². The van der Waals surface area contributed by atoms with Crippen LogP contribution in [-0.4, -0.2) is 35.5 Å². The van der Waals surface area contributed by atoms with Crippen molar-refractivity contribution in [3.8, 4) is 0 Å². The van der Waals surface area contributed by atoms with E-state index in [4.69, 9.17) is 10.6 Å². The second-order valence-electron chi connectivity index (χ2n) is 4.98. The average molecular weight is 278 g/mol. The van der Waals surface area contributed by atoms with E-state index >= 15 is 0 Å². The number of nitrogens with two attached hydrogens (primary N) is 1. The van der Waals surface area contributed by atoms with Crippen molar-refractivity contribution in [2.45, 2.75) is 26.3 Å². The molecule has 6 heteroatoms. The largest absolute Gasteiger partial charge is 0.466 e. The average Bonchev–Trinajstić information content (AvgIpc) is 2.48. The van der Waals surface area contributed by atoms with E-state index < -0.39 is 0 Å². The van der Waals surface area contributed by atoms with Gasteiger partial charge in [-0.25, -0.2) is 10.8 Å². The molecular weight excluding hydrogens is 256 g/mol. The zero-order chi connectivity index (χ0) is 14.4. The number of esters is 1. The second kappa shape index (κ2) is 7.21. The van der Waals surface area contributed by atoms with Crippen molar-refractivity contribution in [2.24, 2.45) is 11.8 Å². The fourth-order valence-corrected chi connectivity index (χ4v) is 2.59. The van der Waals surface area contributed by atoms with Crippen LogP contribution in [0.5, 0.6) is 0 Å². The lowest BCUT2D eigenvalue weighted by Gasteiger charge is -2.31. The molecule has 1 aliphatic heterocycles. The van der Waals surface area contributed by atoms with Crippen LogP contribution in [0.25, 0.3) is 0 Å². The summed E-state index contributed by atoms with van der Waals surface area (Å²) in [6.45, 7) is 4.74. The van der Waals surface area contributed by atoms with Crippen LogP contribution >= 0.6 is 0 Å². The maximum Gasteiger partial charge on any atom is 0.310 e. The summed E-state index contributed by atoms with van der Waals surface area (Å²) in [4.78, 5) is 18.3. The van der Waals surface area contributed by atoms with Crippen molar-refractivity contribution < 1.29 is 9.53 Å². The van der Waals surface area contributed by atoms with Crippen LogP contribution in [0.2, 0.25) is 0 Å². The molecule has 0 aliphatic carbocycles. The third-order valence-corrected chi connectivity index (χ3v) is 3.55. The molecule has 1 aromatic rings. The third-order valence-electron chi connectivity index (χ3n) is 3.55. The minimum Gasteiger partial charge on any atom is -0.466 e. The minimum atomic E-state index is -0.0828. The van der Waals surface area contributed by atoms with Crippen molar-refractivity contribution in [1.82, 2.24) is 9.88 Å². The van der Waals surface area contributed by atoms with Gasteiger partial charge in [0.05, 0.1) is 12.5 Å². The highest BCUT2D eigenvalue weighted by atomic mass is 16.5. The molecule has 2 heterocycles. The van der Waals surface area contributed by atoms with Crippen LogP contribution in [0.3, 0.4) is 0 Å². The first-order valence-electron chi connectivity index (χ1n) is 7.04. The summed E-state index contributed by atoms with van der Waals surface area (Å²) in [5, 5.41) is 0. The first kappa shape index (κ1) is 14.7. The Hall–Kier alpha value is -1.66. The Kier molecular flexibility index (Phi) is 5.31. The molecule has 1 saturated heterocycles. The molecule has 3 N–H and O–H groups in total. The quantitative estimate of drug-likeness (QED) is 0.477. The van der Waals surface area contributed by atoms with Gasteiger partial charge >= 0.3 is 5.97 Å². The number of pyridine rings is 1. The fourth-order valence-electron chi connectivity index (χ4n) is 2.59. The van der Waals surface area contributed by atoms with Gasteiger partial charge < -0.3 is 10.2 Å². The highest BCUT2D eigenvalue weighted by Crippen LogP contribution is 2.21. The molecular formula is C14H22N4O2. The van der Waals surface area contributed by atoms with Crippen molar-refractivity contribution in [2.75, 3.05) is 25.1 Å². The minimum absolute atomic E-state index is 0.0188. The molecule has 0 radical (unpaired) electrons. The van der Waals surface area contributed by atoms with Gasteiger partial charge in [0.15, 0.2) is 0 Å². The lowest BCUT2D eigenvalue weighted by Crippen LogP contribution is -2.39. The Bertz CT molecular complexity index is 453. The first-order valence-corrected chi connectivity index (χ1v) is 7.04. The number of nitrogens with one attached hydrogen (secondary N) is 1. The maximum absolute atomic E-state index is 11.8. The van der Waals surface area contributed by atoms with Gasteiger partial charge in [0.1, 0.15) is 5.82 Å². The number of nitrogen functional groups attached to an aromatic ring is 1. The van der Waals surface area contributed by atoms with Crippen molar-refractivity contribution in [3.05, 3.63) is 23.9 Å². The van der Waals surface area contributed by atoms with Crippen LogP contribution in [0.1, 0.15) is 25.3 Å². The first-order chi connectivity index (χ1) is 9.74. The molecule has 1 fully saturated rings. The lowest BCUT2D eigenvalue weighted by molar-refractivity contribution is -0.150. The highest BCUT2D eigenvalue weighted by molar-refractivity contribution is 5.72. The van der Waals surface area contributed by atoms with Gasteiger partial charge in [0.2, 0.25) is 0 Å². The number of likely N-dealkylation sites (tertiary alicyclic amines) is 1. The molecule has 0 saturated carbocycles. The van der Waals surface area contributed by atoms with Gasteiger partial charge in [-0.2, -0.15) is 0 Å². The maximum atomic E-state index is 11.8. The van der Waals surface area contributed by atoms with Gasteiger partial charge in [-0.3, -0.25) is 9.69 Å². The highest BCUT2D eigenvalue weighted by Gasteiger charge is 2.27. The molecule has 6 nitrogen and oxygen atoms in total. The number of hydrazine groups is 1. The monoisotopic (exact) mass is 278 g/mol. The molecule has 1 aromatic heterocycles. The van der Waals surface area contributed by atoms with Crippen molar-refractivity contribution in [3.63, 3.8) is 0 Å². The molecule has 2 rings (SSSR count). The number of carbonyl (C=O) groups is 1. The number of piperidine rings is 1. The van der Waals surface area contributed by atoms with E-state index in [0.717, 1.165) is 38.0 Å². The number of aromatic nitrogens is 1. The van der Waals surface area contributed by atoms with Crippen LogP contribution in [0.4, 0.5) is 5.82 Å². The Balaban J connectivity index is 1.97. The lowest BCUT2D eigenvalue weighted by atomic mass is 9.98. The Morgan fingerprint density at radius 1 is 1.65 bits per heavy atom. The number of hydrogen-bond acceptors (Lipinski definition) is 6. The zero-order valence-corrected chi connectivity index (χ0v) is 11.8. The molecule has 0 aromatic carbocycles. The second-order valence-corrected chi connectivity index (χ2v) is 4.98. The summed E-state index contributed by atoms with van der Waals surface area (Å²) in [7, 11) is 0. The predicted molar refractivity (Wildman–Crippen MR) is 76.7 cm³/mol. The van der Waals surface area contributed by atoms with E-state index in [2.05, 4.69) is 15.3 Å². The van der Waals surface area contributed by atoms with E-state index in [9.17, 15) is 4.79 Å². The van der Waals surface area contributed by atoms with Gasteiger partial charge in [-0.1, -0.05) is 6.07 Å². The third kappa shape index (κ3) is 3.68. The zero-order valence-electron chi connectivity index (χ0n) is 11.8. The molecule has 20 heavy (non-hydrogen) atoms. The topological polar surface area (TPSA) is 80.5 Å². The normalized spacial score (nSPS) is 19.6. The van der Waals surface area contributed by atoms with E-state index in [1.807, 2.05) is 19.1 Å². The number of hydrogen-bond donors (Lipinski definition) is 2. The van der Waals surface area contributed by atoms with Crippen molar-refractivity contribution in [1.29, 1.82) is 0 Å². The van der Waals surface area contributed by atoms with Crippen LogP contribution in [-0.2, 0) is 16.1 Å². The molecule has 1 atom stereocenters. The molecule has 1 unspecified atom stereocenters. The molecule has 1 aliphatic rings. The number of anilines is 1. The molecule has 110 valence electrons. The van der Waals surface area contributed by atoms with E-state index in [0.29, 0.717) is 12.4 Å². The summed E-state index contributed by atoms with van der Waals surface area (Å²) < 4.78 is 5.11. The predicted octanol–water partition coefficient (Wildman–Crippen LogP) is 1.14. The number of carbonyl (C=O) groups excluding carboxylic acids is 1. The molecule has 0 bridgehead atoms. The van der Waals surface area contributed by atoms with Gasteiger partial charge in [0.25, 0.3) is 0 Å². The summed E-state index contributed by atoms with van der Waals surface area (Å²) >= 11 is 0. The Labute approximate surface area is 119 Å². The Morgan fingerprint density at radius 3 is 3.25 bits per heavy atom. The SMILES string of the molecule is CCOC(=O)C1CCCN(Cc2cccnc2NN)C1. The Morgan fingerprint density at radius 2 is 2.50 bits per heavy atom. The van der Waals surface area contributed by atoms with E-state index in [1.165, 1.54) is 0 Å². The van der Waals surface area contributed by atoms with E-state index in [-0.39, 0.29) is 11.9 Å². The standard InChI is InChI=1S/C14H22N4O2/c1-2-20-14(19)12-6-4-8-18(10-12)9-11-5-3-7-16-13(11)17-15/h3,5,7,12H,2,4,6,8-10,15H2,1H3,(H,16,17). The van der Waals surface area contributed by atoms with Gasteiger partial charge in [-0.15, -0.1) is 0 Å². The van der Waals surface area contributed by atoms with Crippen LogP contribution < -0.4 is 11.3 Å². The summed E-state index contributed by atoms with van der Waals surface area (Å²) in [5.74, 6) is 6.05. The number of ether oxygens (including phenoxy) is 1. The van der Waals surface area contributed by atoms with Crippen LogP contribution in [0.15, 0.2) is 18.3 Å². The fraction of sp³-hybridized carbons (Fsp3) is 0.571. The molecule has 0 amide bonds. The number of nitrogens with zero attached hydrogens (tertiary/aromatic N) is 2. The summed E-state index contributed by atoms with van der Waals surface area (Å²) in [6, 6.07) is 3.89. The van der Waals surface area contributed by atoms with Gasteiger partial charge in [-0.05, 0) is 32.4 Å².